The third-order valence-corrected chi connectivity index (χ3v) is 3.78. The molecule has 128 valence electrons. The van der Waals surface area contributed by atoms with Crippen LogP contribution >= 0.6 is 12.2 Å². The fourth-order valence-corrected chi connectivity index (χ4v) is 2.36. The number of nitrogens with one attached hydrogen (secondary N) is 2. The maximum absolute atomic E-state index is 13.6. The van der Waals surface area contributed by atoms with Crippen molar-refractivity contribution in [2.75, 3.05) is 11.9 Å². The summed E-state index contributed by atoms with van der Waals surface area (Å²) in [6, 6.07) is 9.36. The highest BCUT2D eigenvalue weighted by atomic mass is 32.1. The molecule has 0 heterocycles. The first-order valence-electron chi connectivity index (χ1n) is 7.58. The van der Waals surface area contributed by atoms with Gasteiger partial charge in [-0.15, -0.1) is 0 Å². The highest BCUT2D eigenvalue weighted by Crippen LogP contribution is 2.18. The Kier molecular flexibility index (Phi) is 6.09. The summed E-state index contributed by atoms with van der Waals surface area (Å²) in [7, 11) is 0. The van der Waals surface area contributed by atoms with Crippen LogP contribution in [0.3, 0.4) is 0 Å². The van der Waals surface area contributed by atoms with Crippen LogP contribution in [0.15, 0.2) is 36.4 Å². The maximum atomic E-state index is 13.6. The number of rotatable bonds is 5. The van der Waals surface area contributed by atoms with Crippen LogP contribution in [0.4, 0.5) is 14.5 Å². The minimum atomic E-state index is -0.696. The van der Waals surface area contributed by atoms with Crippen molar-refractivity contribution in [2.24, 2.45) is 0 Å². The molecule has 0 radical (unpaired) electrons. The molecule has 0 unspecified atom stereocenters. The zero-order valence-electron chi connectivity index (χ0n) is 13.8. The molecule has 2 rings (SSSR count). The molecule has 0 aliphatic carbocycles. The lowest BCUT2D eigenvalue weighted by atomic mass is 10.1. The monoisotopic (exact) mass is 350 g/mol. The highest BCUT2D eigenvalue weighted by molar-refractivity contribution is 7.80. The molecule has 1 atom stereocenters. The molecular formula is C18H20F2N2OS. The Morgan fingerprint density at radius 3 is 2.42 bits per heavy atom. The van der Waals surface area contributed by atoms with E-state index in [0.29, 0.717) is 6.61 Å². The second-order valence-corrected chi connectivity index (χ2v) is 6.06. The van der Waals surface area contributed by atoms with Crippen LogP contribution in [-0.2, 0) is 0 Å². The predicted molar refractivity (Wildman–Crippen MR) is 96.6 cm³/mol. The van der Waals surface area contributed by atoms with Crippen molar-refractivity contribution in [1.82, 2.24) is 5.32 Å². The Morgan fingerprint density at radius 1 is 1.12 bits per heavy atom. The van der Waals surface area contributed by atoms with Gasteiger partial charge in [-0.1, -0.05) is 12.1 Å². The molecule has 0 amide bonds. The maximum Gasteiger partial charge on any atom is 0.171 e. The Labute approximate surface area is 146 Å². The van der Waals surface area contributed by atoms with E-state index in [-0.39, 0.29) is 16.8 Å². The molecule has 0 bridgehead atoms. The van der Waals surface area contributed by atoms with Crippen molar-refractivity contribution in [3.63, 3.8) is 0 Å². The van der Waals surface area contributed by atoms with Gasteiger partial charge in [-0.3, -0.25) is 0 Å². The first-order chi connectivity index (χ1) is 11.4. The number of aryl methyl sites for hydroxylation is 2. The first-order valence-corrected chi connectivity index (χ1v) is 7.99. The average Bonchev–Trinajstić information content (AvgIpc) is 2.52. The van der Waals surface area contributed by atoms with Crippen molar-refractivity contribution in [1.29, 1.82) is 0 Å². The van der Waals surface area contributed by atoms with Crippen LogP contribution in [0.25, 0.3) is 0 Å². The summed E-state index contributed by atoms with van der Waals surface area (Å²) in [4.78, 5) is 0. The van der Waals surface area contributed by atoms with Gasteiger partial charge in [-0.2, -0.15) is 0 Å². The van der Waals surface area contributed by atoms with Crippen LogP contribution in [0.1, 0.15) is 18.1 Å². The highest BCUT2D eigenvalue weighted by Gasteiger charge is 2.11. The van der Waals surface area contributed by atoms with Crippen LogP contribution in [-0.4, -0.2) is 17.8 Å². The number of para-hydroxylation sites is 1. The van der Waals surface area contributed by atoms with E-state index < -0.39 is 11.6 Å². The zero-order valence-corrected chi connectivity index (χ0v) is 14.6. The Bertz CT molecular complexity index is 717. The van der Waals surface area contributed by atoms with Gasteiger partial charge in [0, 0.05) is 0 Å². The fraction of sp³-hybridized carbons (Fsp3) is 0.278. The molecular weight excluding hydrogens is 330 g/mol. The van der Waals surface area contributed by atoms with Gasteiger partial charge < -0.3 is 15.4 Å². The molecule has 2 aromatic rings. The predicted octanol–water partition coefficient (Wildman–Crippen LogP) is 4.34. The minimum absolute atomic E-state index is 0.134. The molecule has 2 N–H and O–H groups in total. The lowest BCUT2D eigenvalue weighted by Crippen LogP contribution is -2.39. The Hall–Kier alpha value is -2.21. The standard InChI is InChI=1S/C18H20F2N2OS/c1-11-7-8-14(9-12(11)2)23-10-13(3)21-18(24)22-17-15(19)5-4-6-16(17)20/h4-9,13H,10H2,1-3H3,(H2,21,22,24)/t13-/m0/s1. The van der Waals surface area contributed by atoms with Crippen LogP contribution in [0.2, 0.25) is 0 Å². The van der Waals surface area contributed by atoms with Gasteiger partial charge in [0.15, 0.2) is 5.11 Å². The lowest BCUT2D eigenvalue weighted by molar-refractivity contribution is 0.287. The summed E-state index contributed by atoms with van der Waals surface area (Å²) in [6.07, 6.45) is 0. The summed E-state index contributed by atoms with van der Waals surface area (Å²) < 4.78 is 32.9. The van der Waals surface area contributed by atoms with Crippen molar-refractivity contribution in [2.45, 2.75) is 26.8 Å². The topological polar surface area (TPSA) is 33.3 Å². The van der Waals surface area contributed by atoms with E-state index in [0.717, 1.165) is 11.3 Å². The molecule has 0 fully saturated rings. The molecule has 0 aromatic heterocycles. The van der Waals surface area contributed by atoms with E-state index in [1.54, 1.807) is 0 Å². The minimum Gasteiger partial charge on any atom is -0.491 e. The first kappa shape index (κ1) is 18.1. The smallest absolute Gasteiger partial charge is 0.171 e. The molecule has 24 heavy (non-hydrogen) atoms. The number of benzene rings is 2. The molecule has 2 aromatic carbocycles. The van der Waals surface area contributed by atoms with Gasteiger partial charge in [-0.05, 0) is 68.4 Å². The van der Waals surface area contributed by atoms with Gasteiger partial charge >= 0.3 is 0 Å². The molecule has 3 nitrogen and oxygen atoms in total. The van der Waals surface area contributed by atoms with Crippen LogP contribution < -0.4 is 15.4 Å². The Morgan fingerprint density at radius 2 is 1.79 bits per heavy atom. The molecule has 0 aliphatic rings. The quantitative estimate of drug-likeness (QED) is 0.786. The van der Waals surface area contributed by atoms with Crippen molar-refractivity contribution >= 4 is 23.0 Å². The lowest BCUT2D eigenvalue weighted by Gasteiger charge is -2.18. The van der Waals surface area contributed by atoms with E-state index in [1.807, 2.05) is 39.0 Å². The fourth-order valence-electron chi connectivity index (χ4n) is 2.06. The van der Waals surface area contributed by atoms with Gasteiger partial charge in [0.05, 0.1) is 6.04 Å². The second-order valence-electron chi connectivity index (χ2n) is 5.65. The molecule has 0 spiro atoms. The van der Waals surface area contributed by atoms with Gasteiger partial charge in [-0.25, -0.2) is 8.78 Å². The van der Waals surface area contributed by atoms with E-state index >= 15 is 0 Å². The van der Waals surface area contributed by atoms with Crippen molar-refractivity contribution < 1.29 is 13.5 Å². The van der Waals surface area contributed by atoms with E-state index in [2.05, 4.69) is 10.6 Å². The third kappa shape index (κ3) is 4.89. The summed E-state index contributed by atoms with van der Waals surface area (Å²) >= 11 is 5.09. The molecule has 0 aliphatic heterocycles. The van der Waals surface area contributed by atoms with E-state index in [9.17, 15) is 8.78 Å². The number of thiocarbonyl (C=S) groups is 1. The largest absolute Gasteiger partial charge is 0.491 e. The van der Waals surface area contributed by atoms with Crippen LogP contribution in [0.5, 0.6) is 5.75 Å². The summed E-state index contributed by atoms with van der Waals surface area (Å²) in [5.74, 6) is -0.623. The normalized spacial score (nSPS) is 11.7. The van der Waals surface area contributed by atoms with E-state index in [1.165, 1.54) is 23.8 Å². The van der Waals surface area contributed by atoms with Gasteiger partial charge in [0.2, 0.25) is 0 Å². The summed E-state index contributed by atoms with van der Waals surface area (Å²) in [5, 5.41) is 5.61. The van der Waals surface area contributed by atoms with Crippen molar-refractivity contribution in [3.05, 3.63) is 59.2 Å². The van der Waals surface area contributed by atoms with Gasteiger partial charge in [0.25, 0.3) is 0 Å². The SMILES string of the molecule is Cc1ccc(OC[C@H](C)NC(=S)Nc2c(F)cccc2F)cc1C. The number of hydrogen-bond acceptors (Lipinski definition) is 2. The number of halogens is 2. The molecule has 6 heteroatoms. The number of hydrogen-bond donors (Lipinski definition) is 2. The Balaban J connectivity index is 1.86. The third-order valence-electron chi connectivity index (χ3n) is 3.56. The summed E-state index contributed by atoms with van der Waals surface area (Å²) in [5.41, 5.74) is 2.09. The van der Waals surface area contributed by atoms with Gasteiger partial charge in [0.1, 0.15) is 29.7 Å². The second kappa shape index (κ2) is 8.06. The molecule has 0 saturated heterocycles. The molecule has 0 saturated carbocycles. The zero-order chi connectivity index (χ0) is 17.7. The average molecular weight is 350 g/mol. The number of ether oxygens (including phenoxy) is 1. The van der Waals surface area contributed by atoms with E-state index in [4.69, 9.17) is 17.0 Å². The van der Waals surface area contributed by atoms with Crippen LogP contribution in [0, 0.1) is 25.5 Å². The summed E-state index contributed by atoms with van der Waals surface area (Å²) in [6.45, 7) is 6.29. The van der Waals surface area contributed by atoms with Crippen molar-refractivity contribution in [3.8, 4) is 5.75 Å². The number of anilines is 1.